The molecular formula is C23H20O2. The van der Waals surface area contributed by atoms with E-state index in [-0.39, 0.29) is 5.60 Å². The Hall–Kier alpha value is -2.74. The Morgan fingerprint density at radius 2 is 1.76 bits per heavy atom. The highest BCUT2D eigenvalue weighted by molar-refractivity contribution is 5.92. The second-order valence-corrected chi connectivity index (χ2v) is 6.94. The largest absolute Gasteiger partial charge is 0.497 e. The first kappa shape index (κ1) is 14.6. The van der Waals surface area contributed by atoms with E-state index in [1.165, 1.54) is 29.2 Å². The molecule has 0 N–H and O–H groups in total. The molecule has 0 saturated heterocycles. The third-order valence-electron chi connectivity index (χ3n) is 5.42. The standard InChI is InChI=1S/C23H20O2/c1-24-20-12-10-19(11-13-20)23(18-8-9-18)15-14-17-7-6-16-4-2-3-5-21(16)22(17)25-23/h2-7,10-15,18H,8-9H2,1H3. The monoisotopic (exact) mass is 328 g/mol. The first-order valence-corrected chi connectivity index (χ1v) is 8.85. The van der Waals surface area contributed by atoms with Crippen molar-refractivity contribution in [2.24, 2.45) is 5.92 Å². The molecular weight excluding hydrogens is 308 g/mol. The zero-order valence-corrected chi connectivity index (χ0v) is 14.2. The number of hydrogen-bond donors (Lipinski definition) is 0. The van der Waals surface area contributed by atoms with E-state index in [9.17, 15) is 0 Å². The van der Waals surface area contributed by atoms with Gasteiger partial charge < -0.3 is 9.47 Å². The van der Waals surface area contributed by atoms with E-state index in [4.69, 9.17) is 9.47 Å². The molecule has 2 nitrogen and oxygen atoms in total. The van der Waals surface area contributed by atoms with Crippen molar-refractivity contribution in [1.82, 2.24) is 0 Å². The van der Waals surface area contributed by atoms with Crippen molar-refractivity contribution in [2.45, 2.75) is 18.4 Å². The SMILES string of the molecule is COc1ccc(C2(C3CC3)C=Cc3ccc4ccccc4c3O2)cc1. The molecule has 1 aliphatic heterocycles. The molecule has 0 bridgehead atoms. The van der Waals surface area contributed by atoms with Gasteiger partial charge in [0, 0.05) is 16.9 Å². The quantitative estimate of drug-likeness (QED) is 0.627. The van der Waals surface area contributed by atoms with Gasteiger partial charge in [-0.1, -0.05) is 54.6 Å². The van der Waals surface area contributed by atoms with Crippen molar-refractivity contribution in [3.8, 4) is 11.5 Å². The first-order chi connectivity index (χ1) is 12.3. The van der Waals surface area contributed by atoms with Crippen LogP contribution in [0, 0.1) is 5.92 Å². The molecule has 1 fully saturated rings. The van der Waals surface area contributed by atoms with Gasteiger partial charge in [-0.25, -0.2) is 0 Å². The van der Waals surface area contributed by atoms with Crippen LogP contribution in [-0.4, -0.2) is 7.11 Å². The van der Waals surface area contributed by atoms with Gasteiger partial charge in [0.2, 0.25) is 0 Å². The van der Waals surface area contributed by atoms with E-state index in [2.05, 4.69) is 60.7 Å². The minimum absolute atomic E-state index is 0.372. The van der Waals surface area contributed by atoms with Crippen molar-refractivity contribution in [3.05, 3.63) is 77.9 Å². The van der Waals surface area contributed by atoms with Crippen LogP contribution >= 0.6 is 0 Å². The van der Waals surface area contributed by atoms with Crippen LogP contribution in [0.15, 0.2) is 66.7 Å². The predicted molar refractivity (Wildman–Crippen MR) is 101 cm³/mol. The van der Waals surface area contributed by atoms with Crippen LogP contribution in [0.4, 0.5) is 0 Å². The fourth-order valence-electron chi connectivity index (χ4n) is 3.90. The molecule has 1 atom stereocenters. The summed E-state index contributed by atoms with van der Waals surface area (Å²) < 4.78 is 12.1. The Balaban J connectivity index is 1.67. The van der Waals surface area contributed by atoms with Gasteiger partial charge in [-0.05, 0) is 42.0 Å². The lowest BCUT2D eigenvalue weighted by Crippen LogP contribution is -2.35. The summed E-state index contributed by atoms with van der Waals surface area (Å²) in [6.45, 7) is 0. The molecule has 25 heavy (non-hydrogen) atoms. The maximum atomic E-state index is 6.79. The molecule has 5 rings (SSSR count). The average molecular weight is 328 g/mol. The van der Waals surface area contributed by atoms with Crippen LogP contribution in [0.25, 0.3) is 16.8 Å². The molecule has 1 aliphatic carbocycles. The third kappa shape index (κ3) is 2.25. The molecule has 1 unspecified atom stereocenters. The zero-order chi connectivity index (χ0) is 16.9. The summed E-state index contributed by atoms with van der Waals surface area (Å²) in [7, 11) is 1.70. The van der Waals surface area contributed by atoms with Crippen LogP contribution in [0.5, 0.6) is 11.5 Å². The van der Waals surface area contributed by atoms with Crippen LogP contribution in [0.2, 0.25) is 0 Å². The highest BCUT2D eigenvalue weighted by Gasteiger charge is 2.48. The number of fused-ring (bicyclic) bond motifs is 3. The zero-order valence-electron chi connectivity index (χ0n) is 14.2. The summed E-state index contributed by atoms with van der Waals surface area (Å²) in [5.74, 6) is 2.41. The minimum atomic E-state index is -0.372. The lowest BCUT2D eigenvalue weighted by Gasteiger charge is -2.36. The maximum absolute atomic E-state index is 6.79. The molecule has 0 radical (unpaired) electrons. The van der Waals surface area contributed by atoms with E-state index in [0.717, 1.165) is 17.1 Å². The van der Waals surface area contributed by atoms with E-state index < -0.39 is 0 Å². The van der Waals surface area contributed by atoms with Crippen molar-refractivity contribution in [3.63, 3.8) is 0 Å². The summed E-state index contributed by atoms with van der Waals surface area (Å²) in [5.41, 5.74) is 1.98. The Morgan fingerprint density at radius 1 is 0.960 bits per heavy atom. The molecule has 2 heteroatoms. The normalized spacial score (nSPS) is 21.6. The Kier molecular flexibility index (Phi) is 3.14. The number of benzene rings is 3. The van der Waals surface area contributed by atoms with E-state index in [1.807, 2.05) is 12.1 Å². The van der Waals surface area contributed by atoms with Gasteiger partial charge in [0.05, 0.1) is 7.11 Å². The Morgan fingerprint density at radius 3 is 2.52 bits per heavy atom. The predicted octanol–water partition coefficient (Wildman–Crippen LogP) is 5.56. The highest BCUT2D eigenvalue weighted by Crippen LogP contribution is 2.53. The molecule has 1 saturated carbocycles. The van der Waals surface area contributed by atoms with Gasteiger partial charge in [-0.3, -0.25) is 0 Å². The molecule has 0 aromatic heterocycles. The van der Waals surface area contributed by atoms with Crippen LogP contribution < -0.4 is 9.47 Å². The van der Waals surface area contributed by atoms with Crippen LogP contribution in [-0.2, 0) is 5.60 Å². The van der Waals surface area contributed by atoms with Crippen molar-refractivity contribution >= 4 is 16.8 Å². The lowest BCUT2D eigenvalue weighted by molar-refractivity contribution is 0.0936. The van der Waals surface area contributed by atoms with Crippen LogP contribution in [0.1, 0.15) is 24.0 Å². The Labute approximate surface area is 147 Å². The van der Waals surface area contributed by atoms with Crippen molar-refractivity contribution < 1.29 is 9.47 Å². The molecule has 0 amide bonds. The average Bonchev–Trinajstić information content (AvgIpc) is 3.53. The van der Waals surface area contributed by atoms with E-state index in [0.29, 0.717) is 5.92 Å². The highest BCUT2D eigenvalue weighted by atomic mass is 16.5. The maximum Gasteiger partial charge on any atom is 0.155 e. The minimum Gasteiger partial charge on any atom is -0.497 e. The second kappa shape index (κ2) is 5.38. The van der Waals surface area contributed by atoms with Crippen molar-refractivity contribution in [2.75, 3.05) is 7.11 Å². The smallest absolute Gasteiger partial charge is 0.155 e. The van der Waals surface area contributed by atoms with Gasteiger partial charge in [-0.2, -0.15) is 0 Å². The third-order valence-corrected chi connectivity index (χ3v) is 5.42. The topological polar surface area (TPSA) is 18.5 Å². The number of methoxy groups -OCH3 is 1. The summed E-state index contributed by atoms with van der Waals surface area (Å²) in [5, 5.41) is 2.40. The summed E-state index contributed by atoms with van der Waals surface area (Å²) in [6.07, 6.45) is 6.89. The number of ether oxygens (including phenoxy) is 2. The number of hydrogen-bond acceptors (Lipinski definition) is 2. The molecule has 2 aliphatic rings. The van der Waals surface area contributed by atoms with Gasteiger partial charge in [0.25, 0.3) is 0 Å². The summed E-state index contributed by atoms with van der Waals surface area (Å²) in [4.78, 5) is 0. The first-order valence-electron chi connectivity index (χ1n) is 8.85. The molecule has 124 valence electrons. The van der Waals surface area contributed by atoms with Crippen LogP contribution in [0.3, 0.4) is 0 Å². The lowest BCUT2D eigenvalue weighted by atomic mass is 9.85. The Bertz CT molecular complexity index is 967. The molecule has 1 heterocycles. The fraction of sp³-hybridized carbons (Fsp3) is 0.217. The van der Waals surface area contributed by atoms with Gasteiger partial charge in [0.1, 0.15) is 11.5 Å². The fourth-order valence-corrected chi connectivity index (χ4v) is 3.90. The molecule has 0 spiro atoms. The molecule has 3 aromatic carbocycles. The van der Waals surface area contributed by atoms with Gasteiger partial charge in [0.15, 0.2) is 5.60 Å². The number of rotatable bonds is 3. The van der Waals surface area contributed by atoms with Crippen molar-refractivity contribution in [1.29, 1.82) is 0 Å². The van der Waals surface area contributed by atoms with Gasteiger partial charge >= 0.3 is 0 Å². The van der Waals surface area contributed by atoms with E-state index >= 15 is 0 Å². The summed E-state index contributed by atoms with van der Waals surface area (Å²) in [6, 6.07) is 21.1. The summed E-state index contributed by atoms with van der Waals surface area (Å²) >= 11 is 0. The van der Waals surface area contributed by atoms with E-state index in [1.54, 1.807) is 7.11 Å². The molecule has 3 aromatic rings. The van der Waals surface area contributed by atoms with Gasteiger partial charge in [-0.15, -0.1) is 0 Å². The second-order valence-electron chi connectivity index (χ2n) is 6.94.